The van der Waals surface area contributed by atoms with Crippen LogP contribution in [0.3, 0.4) is 0 Å². The van der Waals surface area contributed by atoms with Gasteiger partial charge in [0.1, 0.15) is 12.2 Å². The second kappa shape index (κ2) is 7.51. The average Bonchev–Trinajstić information content (AvgIpc) is 2.78. The third kappa shape index (κ3) is 3.09. The van der Waals surface area contributed by atoms with Crippen LogP contribution in [0.4, 0.5) is 0 Å². The van der Waals surface area contributed by atoms with E-state index in [2.05, 4.69) is 20.8 Å². The topological polar surface area (TPSA) is 69.7 Å². The zero-order valence-electron chi connectivity index (χ0n) is 19.4. The van der Waals surface area contributed by atoms with Crippen LogP contribution in [-0.4, -0.2) is 29.9 Å². The molecule has 4 rings (SSSR count). The fourth-order valence-corrected chi connectivity index (χ4v) is 5.98. The van der Waals surface area contributed by atoms with Gasteiger partial charge in [0.15, 0.2) is 5.78 Å². The predicted octanol–water partition coefficient (Wildman–Crippen LogP) is 4.57. The van der Waals surface area contributed by atoms with Crippen LogP contribution >= 0.6 is 0 Å². The van der Waals surface area contributed by atoms with E-state index in [0.717, 1.165) is 5.57 Å². The van der Waals surface area contributed by atoms with Crippen LogP contribution in [0.2, 0.25) is 0 Å². The van der Waals surface area contributed by atoms with E-state index in [9.17, 15) is 14.4 Å². The Labute approximate surface area is 179 Å². The van der Waals surface area contributed by atoms with Gasteiger partial charge in [-0.1, -0.05) is 38.5 Å². The molecule has 4 aliphatic rings. The summed E-state index contributed by atoms with van der Waals surface area (Å²) in [6.07, 6.45) is 4.62. The first-order chi connectivity index (χ1) is 13.9. The minimum atomic E-state index is -0.510. The van der Waals surface area contributed by atoms with Crippen molar-refractivity contribution in [3.63, 3.8) is 0 Å². The van der Waals surface area contributed by atoms with E-state index in [0.29, 0.717) is 17.6 Å². The second-order valence-electron chi connectivity index (χ2n) is 9.93. The maximum absolute atomic E-state index is 13.1. The first-order valence-corrected chi connectivity index (χ1v) is 10.8. The lowest BCUT2D eigenvalue weighted by Gasteiger charge is -2.65. The van der Waals surface area contributed by atoms with Crippen LogP contribution in [0.25, 0.3) is 0 Å². The smallest absolute Gasteiger partial charge is 0.333 e. The Morgan fingerprint density at radius 1 is 0.967 bits per heavy atom. The number of ketones is 1. The Morgan fingerprint density at radius 2 is 1.47 bits per heavy atom. The number of carbonyl (C=O) groups is 3. The quantitative estimate of drug-likeness (QED) is 0.498. The van der Waals surface area contributed by atoms with Crippen LogP contribution in [0, 0.1) is 28.6 Å². The number of carbonyl (C=O) groups excluding carboxylic acids is 3. The summed E-state index contributed by atoms with van der Waals surface area (Å²) in [5.74, 6) is -0.722. The van der Waals surface area contributed by atoms with Crippen molar-refractivity contribution < 1.29 is 23.9 Å². The first kappa shape index (κ1) is 22.5. The molecular weight excluding hydrogens is 380 g/mol. The molecule has 0 amide bonds. The maximum atomic E-state index is 13.1. The molecule has 0 unspecified atom stereocenters. The minimum Gasteiger partial charge on any atom is -0.458 e. The summed E-state index contributed by atoms with van der Waals surface area (Å²) in [5.41, 5.74) is 1.18. The van der Waals surface area contributed by atoms with Gasteiger partial charge in [0.05, 0.1) is 0 Å². The molecule has 0 heterocycles. The van der Waals surface area contributed by atoms with E-state index < -0.39 is 23.0 Å². The average molecular weight is 415 g/mol. The number of fused-ring (bicyclic) bond motifs is 3. The van der Waals surface area contributed by atoms with E-state index >= 15 is 0 Å². The van der Waals surface area contributed by atoms with Crippen molar-refractivity contribution in [2.24, 2.45) is 28.6 Å². The lowest BCUT2D eigenvalue weighted by Crippen LogP contribution is -2.67. The van der Waals surface area contributed by atoms with E-state index in [4.69, 9.17) is 9.47 Å². The normalized spacial score (nSPS) is 37.5. The summed E-state index contributed by atoms with van der Waals surface area (Å²) < 4.78 is 12.0. The third-order valence-corrected chi connectivity index (χ3v) is 8.04. The fraction of sp³-hybridized carbons (Fsp3) is 0.640. The molecule has 30 heavy (non-hydrogen) atoms. The number of rotatable bonds is 4. The van der Waals surface area contributed by atoms with Crippen LogP contribution in [0.15, 0.2) is 34.9 Å². The van der Waals surface area contributed by atoms with Gasteiger partial charge in [0, 0.05) is 34.3 Å². The highest BCUT2D eigenvalue weighted by molar-refractivity contribution is 5.97. The summed E-state index contributed by atoms with van der Waals surface area (Å²) in [7, 11) is 0. The van der Waals surface area contributed by atoms with E-state index in [-0.39, 0.29) is 35.5 Å². The number of hydrogen-bond acceptors (Lipinski definition) is 5. The van der Waals surface area contributed by atoms with Gasteiger partial charge in [-0.2, -0.15) is 0 Å². The van der Waals surface area contributed by atoms with Gasteiger partial charge in [-0.25, -0.2) is 9.59 Å². The first-order valence-electron chi connectivity index (χ1n) is 10.8. The minimum absolute atomic E-state index is 0.0511. The molecule has 4 aliphatic carbocycles. The Morgan fingerprint density at radius 3 is 1.93 bits per heavy atom. The molecule has 4 bridgehead atoms. The standard InChI is InChI=1S/C25H34O5/c1-9-13(3)22(27)29-17-12-18(30-23(28)14(4)10-2)25(8)19-15(5)11-16(26)20(25)21(19)24(17,6)7/h9-11,17-21H,12H2,1-8H3/b13-9-,14-10-/t17-,18-,19-,20-,21-,25-/m1/s1. The molecule has 0 saturated heterocycles. The third-order valence-electron chi connectivity index (χ3n) is 8.04. The van der Waals surface area contributed by atoms with Gasteiger partial charge in [-0.05, 0) is 52.5 Å². The SMILES string of the molecule is C/C=C(/C)C(=O)O[C@@H]1C[C@@H](OC(=O)/C(C)=C\C)[C@@]2(C)[C@@H]3C(=O)C=C(C)[C@@H]2[C@H]3C1(C)C. The largest absolute Gasteiger partial charge is 0.458 e. The van der Waals surface area contributed by atoms with Crippen molar-refractivity contribution >= 4 is 17.7 Å². The molecule has 5 nitrogen and oxygen atoms in total. The molecule has 0 aromatic rings. The second-order valence-corrected chi connectivity index (χ2v) is 9.93. The fourth-order valence-electron chi connectivity index (χ4n) is 5.98. The molecule has 5 heteroatoms. The van der Waals surface area contributed by atoms with Crippen LogP contribution < -0.4 is 0 Å². The molecule has 3 fully saturated rings. The molecule has 0 N–H and O–H groups in total. The summed E-state index contributed by atoms with van der Waals surface area (Å²) in [5, 5.41) is 0. The highest BCUT2D eigenvalue weighted by atomic mass is 16.6. The molecule has 0 aromatic carbocycles. The van der Waals surface area contributed by atoms with E-state index in [1.165, 1.54) is 0 Å². The van der Waals surface area contributed by atoms with E-state index in [1.54, 1.807) is 45.9 Å². The van der Waals surface area contributed by atoms with Crippen LogP contribution in [0.5, 0.6) is 0 Å². The molecular formula is C25H34O5. The Kier molecular flexibility index (Phi) is 5.63. The van der Waals surface area contributed by atoms with Crippen molar-refractivity contribution in [3.8, 4) is 0 Å². The molecule has 6 atom stereocenters. The monoisotopic (exact) mass is 414 g/mol. The van der Waals surface area contributed by atoms with Crippen molar-refractivity contribution in [2.45, 2.75) is 74.0 Å². The number of ether oxygens (including phenoxy) is 2. The highest BCUT2D eigenvalue weighted by Crippen LogP contribution is 2.72. The van der Waals surface area contributed by atoms with Crippen LogP contribution in [-0.2, 0) is 23.9 Å². The van der Waals surface area contributed by atoms with Gasteiger partial charge in [0.2, 0.25) is 0 Å². The van der Waals surface area contributed by atoms with Crippen molar-refractivity contribution in [1.29, 1.82) is 0 Å². The molecule has 3 saturated carbocycles. The number of esters is 2. The van der Waals surface area contributed by atoms with Gasteiger partial charge < -0.3 is 9.47 Å². The predicted molar refractivity (Wildman–Crippen MR) is 114 cm³/mol. The van der Waals surface area contributed by atoms with Gasteiger partial charge in [-0.15, -0.1) is 0 Å². The lowest BCUT2D eigenvalue weighted by atomic mass is 9.37. The van der Waals surface area contributed by atoms with Gasteiger partial charge >= 0.3 is 11.9 Å². The summed E-state index contributed by atoms with van der Waals surface area (Å²) in [4.78, 5) is 38.4. The Bertz CT molecular complexity index is 874. The summed E-state index contributed by atoms with van der Waals surface area (Å²) in [6, 6.07) is 0. The molecule has 164 valence electrons. The zero-order chi connectivity index (χ0) is 22.6. The lowest BCUT2D eigenvalue weighted by molar-refractivity contribution is -0.202. The van der Waals surface area contributed by atoms with Crippen LogP contribution in [0.1, 0.15) is 61.8 Å². The molecule has 0 aromatic heterocycles. The van der Waals surface area contributed by atoms with Gasteiger partial charge in [-0.3, -0.25) is 4.79 Å². The number of allylic oxidation sites excluding steroid dienone is 4. The summed E-state index contributed by atoms with van der Waals surface area (Å²) in [6.45, 7) is 15.3. The van der Waals surface area contributed by atoms with Crippen molar-refractivity contribution in [3.05, 3.63) is 34.9 Å². The van der Waals surface area contributed by atoms with Gasteiger partial charge in [0.25, 0.3) is 0 Å². The molecule has 0 spiro atoms. The molecule has 0 radical (unpaired) electrons. The Balaban J connectivity index is 2.06. The highest BCUT2D eigenvalue weighted by Gasteiger charge is 2.74. The van der Waals surface area contributed by atoms with Crippen molar-refractivity contribution in [2.75, 3.05) is 0 Å². The van der Waals surface area contributed by atoms with E-state index in [1.807, 2.05) is 6.92 Å². The zero-order valence-corrected chi connectivity index (χ0v) is 19.4. The number of hydrogen-bond donors (Lipinski definition) is 0. The maximum Gasteiger partial charge on any atom is 0.333 e. The Hall–Kier alpha value is -2.17. The summed E-state index contributed by atoms with van der Waals surface area (Å²) >= 11 is 0. The van der Waals surface area contributed by atoms with Crippen molar-refractivity contribution in [1.82, 2.24) is 0 Å². The molecule has 0 aliphatic heterocycles.